The Morgan fingerprint density at radius 3 is 2.18 bits per heavy atom. The highest BCUT2D eigenvalue weighted by atomic mass is 19.1. The number of nitrogens with zero attached hydrogens (tertiary/aromatic N) is 1. The molecule has 0 atom stereocenters. The Morgan fingerprint density at radius 1 is 0.758 bits per heavy atom. The molecule has 0 fully saturated rings. The van der Waals surface area contributed by atoms with Crippen LogP contribution in [0.4, 0.5) is 15.8 Å². The van der Waals surface area contributed by atoms with E-state index in [1.807, 2.05) is 0 Å². The molecule has 7 nitrogen and oxygen atoms in total. The highest BCUT2D eigenvalue weighted by molar-refractivity contribution is 6.46. The first-order chi connectivity index (χ1) is 16.0. The molecule has 2 amide bonds. The van der Waals surface area contributed by atoms with E-state index >= 15 is 0 Å². The molecule has 8 heteroatoms. The average Bonchev–Trinajstić information content (AvgIpc) is 3.08. The molecule has 1 heterocycles. The van der Waals surface area contributed by atoms with Gasteiger partial charge in [0.1, 0.15) is 17.3 Å². The van der Waals surface area contributed by atoms with Crippen molar-refractivity contribution in [1.29, 1.82) is 0 Å². The van der Waals surface area contributed by atoms with E-state index in [2.05, 4.69) is 5.32 Å². The van der Waals surface area contributed by atoms with Crippen LogP contribution in [0.25, 0.3) is 5.57 Å². The first-order valence-corrected chi connectivity index (χ1v) is 9.99. The molecule has 0 radical (unpaired) electrons. The lowest BCUT2D eigenvalue weighted by Crippen LogP contribution is -2.32. The molecule has 0 aliphatic carbocycles. The standard InChI is InChI=1S/C25H21FN2O5/c1-31-19-10-5-4-9-18(19)27-23-22(15-11-12-20(32-2)21(13-15)33-3)24(29)28(25(23)30)17-8-6-7-16(26)14-17/h4-14,27H,1-3H3. The largest absolute Gasteiger partial charge is 0.495 e. The summed E-state index contributed by atoms with van der Waals surface area (Å²) in [7, 11) is 4.48. The Bertz CT molecular complexity index is 1270. The first-order valence-electron chi connectivity index (χ1n) is 9.99. The minimum absolute atomic E-state index is 0.0287. The molecule has 3 aromatic carbocycles. The van der Waals surface area contributed by atoms with E-state index in [1.54, 1.807) is 42.5 Å². The third kappa shape index (κ3) is 3.98. The number of benzene rings is 3. The molecular weight excluding hydrogens is 427 g/mol. The molecule has 1 aliphatic rings. The summed E-state index contributed by atoms with van der Waals surface area (Å²) in [6.45, 7) is 0. The number of carbonyl (C=O) groups is 2. The van der Waals surface area contributed by atoms with Crippen LogP contribution < -0.4 is 24.4 Å². The first kappa shape index (κ1) is 21.9. The van der Waals surface area contributed by atoms with Crippen molar-refractivity contribution < 1.29 is 28.2 Å². The highest BCUT2D eigenvalue weighted by Crippen LogP contribution is 2.38. The monoisotopic (exact) mass is 448 g/mol. The fourth-order valence-electron chi connectivity index (χ4n) is 3.64. The molecule has 0 spiro atoms. The summed E-state index contributed by atoms with van der Waals surface area (Å²) in [5.74, 6) is -0.437. The van der Waals surface area contributed by atoms with Crippen LogP contribution in [0.5, 0.6) is 17.2 Å². The fourth-order valence-corrected chi connectivity index (χ4v) is 3.64. The third-order valence-electron chi connectivity index (χ3n) is 5.19. The van der Waals surface area contributed by atoms with Crippen molar-refractivity contribution in [2.24, 2.45) is 0 Å². The highest BCUT2D eigenvalue weighted by Gasteiger charge is 2.41. The van der Waals surface area contributed by atoms with E-state index < -0.39 is 17.6 Å². The van der Waals surface area contributed by atoms with Crippen molar-refractivity contribution in [3.63, 3.8) is 0 Å². The van der Waals surface area contributed by atoms with Gasteiger partial charge in [-0.2, -0.15) is 0 Å². The fraction of sp³-hybridized carbons (Fsp3) is 0.120. The SMILES string of the molecule is COc1ccccc1NC1=C(c2ccc(OC)c(OC)c2)C(=O)N(c2cccc(F)c2)C1=O. The molecule has 3 aromatic rings. The second-order valence-electron chi connectivity index (χ2n) is 7.07. The van der Waals surface area contributed by atoms with Gasteiger partial charge < -0.3 is 19.5 Å². The number of carbonyl (C=O) groups excluding carboxylic acids is 2. The maximum absolute atomic E-state index is 13.9. The van der Waals surface area contributed by atoms with Crippen LogP contribution >= 0.6 is 0 Å². The number of rotatable bonds is 7. The lowest BCUT2D eigenvalue weighted by Gasteiger charge is -2.16. The van der Waals surface area contributed by atoms with Gasteiger partial charge in [-0.05, 0) is 48.0 Å². The summed E-state index contributed by atoms with van der Waals surface area (Å²) in [5, 5.41) is 3.05. The molecule has 1 aliphatic heterocycles. The molecule has 1 N–H and O–H groups in total. The number of hydrogen-bond donors (Lipinski definition) is 1. The Labute approximate surface area is 190 Å². The number of anilines is 2. The number of amides is 2. The van der Waals surface area contributed by atoms with Gasteiger partial charge in [-0.15, -0.1) is 0 Å². The second-order valence-corrected chi connectivity index (χ2v) is 7.07. The second kappa shape index (κ2) is 9.04. The van der Waals surface area contributed by atoms with Crippen molar-refractivity contribution in [1.82, 2.24) is 0 Å². The minimum Gasteiger partial charge on any atom is -0.495 e. The predicted octanol–water partition coefficient (Wildman–Crippen LogP) is 4.25. The van der Waals surface area contributed by atoms with Crippen LogP contribution in [0.2, 0.25) is 0 Å². The van der Waals surface area contributed by atoms with Crippen molar-refractivity contribution in [3.8, 4) is 17.2 Å². The molecule has 0 bridgehead atoms. The van der Waals surface area contributed by atoms with Crippen LogP contribution in [0.3, 0.4) is 0 Å². The number of ether oxygens (including phenoxy) is 3. The lowest BCUT2D eigenvalue weighted by molar-refractivity contribution is -0.120. The lowest BCUT2D eigenvalue weighted by atomic mass is 10.0. The Morgan fingerprint density at radius 2 is 1.48 bits per heavy atom. The number of halogens is 1. The van der Waals surface area contributed by atoms with E-state index in [1.165, 1.54) is 39.5 Å². The van der Waals surface area contributed by atoms with E-state index in [-0.39, 0.29) is 17.0 Å². The summed E-state index contributed by atoms with van der Waals surface area (Å²) in [5.41, 5.74) is 1.19. The van der Waals surface area contributed by atoms with Gasteiger partial charge in [0.05, 0.1) is 38.3 Å². The summed E-state index contributed by atoms with van der Waals surface area (Å²) in [4.78, 5) is 27.9. The van der Waals surface area contributed by atoms with Crippen LogP contribution in [0, 0.1) is 5.82 Å². The van der Waals surface area contributed by atoms with Crippen molar-refractivity contribution in [3.05, 3.63) is 83.8 Å². The van der Waals surface area contributed by atoms with E-state index in [0.717, 1.165) is 11.0 Å². The van der Waals surface area contributed by atoms with Crippen molar-refractivity contribution in [2.75, 3.05) is 31.5 Å². The van der Waals surface area contributed by atoms with Gasteiger partial charge >= 0.3 is 0 Å². The van der Waals surface area contributed by atoms with E-state index in [4.69, 9.17) is 14.2 Å². The number of para-hydroxylation sites is 2. The predicted molar refractivity (Wildman–Crippen MR) is 122 cm³/mol. The number of methoxy groups -OCH3 is 3. The number of hydrogen-bond acceptors (Lipinski definition) is 6. The smallest absolute Gasteiger partial charge is 0.282 e. The Kier molecular flexibility index (Phi) is 5.99. The van der Waals surface area contributed by atoms with Gasteiger partial charge in [0, 0.05) is 0 Å². The zero-order chi connectivity index (χ0) is 23.5. The Hall–Kier alpha value is -4.33. The molecule has 168 valence electrons. The normalized spacial score (nSPS) is 13.4. The Balaban J connectivity index is 1.88. The van der Waals surface area contributed by atoms with Gasteiger partial charge in [0.2, 0.25) is 0 Å². The van der Waals surface area contributed by atoms with Crippen molar-refractivity contribution >= 4 is 28.8 Å². The van der Waals surface area contributed by atoms with Gasteiger partial charge in [0.25, 0.3) is 11.8 Å². The number of imide groups is 1. The number of nitrogens with one attached hydrogen (secondary N) is 1. The zero-order valence-electron chi connectivity index (χ0n) is 18.2. The molecule has 0 unspecified atom stereocenters. The summed E-state index contributed by atoms with van der Waals surface area (Å²) >= 11 is 0. The molecule has 0 saturated heterocycles. The van der Waals surface area contributed by atoms with Crippen LogP contribution in [0.1, 0.15) is 5.56 Å². The van der Waals surface area contributed by atoms with E-state index in [9.17, 15) is 14.0 Å². The minimum atomic E-state index is -0.624. The molecule has 0 saturated carbocycles. The van der Waals surface area contributed by atoms with Gasteiger partial charge in [-0.1, -0.05) is 24.3 Å². The maximum atomic E-state index is 13.9. The molecule has 4 rings (SSSR count). The molecular formula is C25H21FN2O5. The topological polar surface area (TPSA) is 77.1 Å². The molecule has 0 aromatic heterocycles. The summed E-state index contributed by atoms with van der Waals surface area (Å²) < 4.78 is 29.9. The quantitative estimate of drug-likeness (QED) is 0.545. The third-order valence-corrected chi connectivity index (χ3v) is 5.19. The summed E-state index contributed by atoms with van der Waals surface area (Å²) in [6, 6.07) is 17.2. The van der Waals surface area contributed by atoms with Crippen molar-refractivity contribution in [2.45, 2.75) is 0 Å². The maximum Gasteiger partial charge on any atom is 0.282 e. The average molecular weight is 448 g/mol. The van der Waals surface area contributed by atoms with E-state index in [0.29, 0.717) is 28.5 Å². The van der Waals surface area contributed by atoms with Crippen LogP contribution in [-0.2, 0) is 9.59 Å². The van der Waals surface area contributed by atoms with Gasteiger partial charge in [0.15, 0.2) is 11.5 Å². The van der Waals surface area contributed by atoms with Crippen LogP contribution in [-0.4, -0.2) is 33.1 Å². The zero-order valence-corrected chi connectivity index (χ0v) is 18.2. The molecule has 33 heavy (non-hydrogen) atoms. The summed E-state index contributed by atoms with van der Waals surface area (Å²) in [6.07, 6.45) is 0. The van der Waals surface area contributed by atoms with Gasteiger partial charge in [-0.3, -0.25) is 9.59 Å². The van der Waals surface area contributed by atoms with Gasteiger partial charge in [-0.25, -0.2) is 9.29 Å². The van der Waals surface area contributed by atoms with Crippen LogP contribution in [0.15, 0.2) is 72.4 Å².